The molecule has 0 bridgehead atoms. The van der Waals surface area contributed by atoms with E-state index in [9.17, 15) is 19.2 Å². The molecule has 0 amide bonds. The van der Waals surface area contributed by atoms with Crippen LogP contribution >= 0.6 is 16.9 Å². The first kappa shape index (κ1) is 11.9. The molecule has 0 aliphatic heterocycles. The molecular formula is C8H7NO4P2. The largest absolute Gasteiger partial charge is 0.274 e. The number of hydrogen-bond acceptors (Lipinski definition) is 4. The van der Waals surface area contributed by atoms with Crippen LogP contribution in [0.25, 0.3) is 0 Å². The van der Waals surface area contributed by atoms with Gasteiger partial charge in [0.2, 0.25) is 0 Å². The van der Waals surface area contributed by atoms with Crippen molar-refractivity contribution in [3.05, 3.63) is 39.9 Å². The SMILES string of the molecule is O=PC(Cc1ccc([N+](=O)[O-])cc1)P=O. The van der Waals surface area contributed by atoms with Gasteiger partial charge >= 0.3 is 0 Å². The molecular weight excluding hydrogens is 236 g/mol. The Bertz CT molecular complexity index is 371. The van der Waals surface area contributed by atoms with Crippen LogP contribution in [0.15, 0.2) is 24.3 Å². The molecule has 0 spiro atoms. The molecule has 0 radical (unpaired) electrons. The molecule has 7 heteroatoms. The fourth-order valence-corrected chi connectivity index (χ4v) is 1.78. The maximum atomic E-state index is 10.5. The van der Waals surface area contributed by atoms with Crippen LogP contribution in [0.3, 0.4) is 0 Å². The highest BCUT2D eigenvalue weighted by atomic mass is 31.1. The first-order valence-corrected chi connectivity index (χ1v) is 5.82. The van der Waals surface area contributed by atoms with Gasteiger partial charge in [0, 0.05) is 12.1 Å². The third kappa shape index (κ3) is 3.46. The van der Waals surface area contributed by atoms with Crippen molar-refractivity contribution >= 4 is 22.6 Å². The lowest BCUT2D eigenvalue weighted by molar-refractivity contribution is -0.384. The predicted octanol–water partition coefficient (Wildman–Crippen LogP) is 3.05. The summed E-state index contributed by atoms with van der Waals surface area (Å²) >= 11 is 0. The molecule has 5 nitrogen and oxygen atoms in total. The van der Waals surface area contributed by atoms with Gasteiger partial charge in [-0.05, 0) is 12.0 Å². The summed E-state index contributed by atoms with van der Waals surface area (Å²) in [4.78, 5) is 9.86. The zero-order valence-electron chi connectivity index (χ0n) is 7.57. The number of nitrogens with zero attached hydrogens (tertiary/aromatic N) is 1. The van der Waals surface area contributed by atoms with Crippen LogP contribution in [0.1, 0.15) is 5.56 Å². The first-order valence-electron chi connectivity index (χ1n) is 4.05. The topological polar surface area (TPSA) is 77.3 Å². The number of nitro benzene ring substituents is 1. The minimum Gasteiger partial charge on any atom is -0.274 e. The molecule has 1 aromatic rings. The maximum Gasteiger partial charge on any atom is 0.269 e. The van der Waals surface area contributed by atoms with Crippen molar-refractivity contribution in [2.75, 3.05) is 0 Å². The summed E-state index contributed by atoms with van der Waals surface area (Å²) in [5.74, 6) is 0. The molecule has 78 valence electrons. The fourth-order valence-electron chi connectivity index (χ4n) is 1.06. The summed E-state index contributed by atoms with van der Waals surface area (Å²) in [6.45, 7) is 0. The molecule has 0 N–H and O–H groups in total. The lowest BCUT2D eigenvalue weighted by Crippen LogP contribution is -1.95. The van der Waals surface area contributed by atoms with Crippen molar-refractivity contribution in [3.63, 3.8) is 0 Å². The normalized spacial score (nSPS) is 12.8. The average Bonchev–Trinajstić information content (AvgIpc) is 2.26. The molecule has 0 aromatic heterocycles. The van der Waals surface area contributed by atoms with Gasteiger partial charge in [-0.15, -0.1) is 0 Å². The van der Waals surface area contributed by atoms with E-state index in [0.29, 0.717) is 6.42 Å². The Labute approximate surface area is 89.1 Å². The van der Waals surface area contributed by atoms with Gasteiger partial charge in [0.25, 0.3) is 5.69 Å². The third-order valence-corrected chi connectivity index (χ3v) is 3.23. The number of benzene rings is 1. The Morgan fingerprint density at radius 2 is 1.73 bits per heavy atom. The first-order chi connectivity index (χ1) is 7.17. The Hall–Kier alpha value is -1.18. The molecule has 0 aliphatic carbocycles. The summed E-state index contributed by atoms with van der Waals surface area (Å²) in [6, 6.07) is 5.88. The van der Waals surface area contributed by atoms with Crippen LogP contribution in [-0.4, -0.2) is 10.3 Å². The second kappa shape index (κ2) is 5.64. The van der Waals surface area contributed by atoms with Gasteiger partial charge in [0.1, 0.15) is 5.40 Å². The van der Waals surface area contributed by atoms with Gasteiger partial charge in [-0.25, -0.2) is 0 Å². The Balaban J connectivity index is 2.76. The van der Waals surface area contributed by atoms with Crippen molar-refractivity contribution < 1.29 is 14.1 Å². The Morgan fingerprint density at radius 1 is 1.20 bits per heavy atom. The van der Waals surface area contributed by atoms with E-state index in [0.717, 1.165) is 5.56 Å². The third-order valence-electron chi connectivity index (χ3n) is 1.81. The van der Waals surface area contributed by atoms with E-state index in [-0.39, 0.29) is 22.6 Å². The van der Waals surface area contributed by atoms with Crippen LogP contribution < -0.4 is 0 Å². The summed E-state index contributed by atoms with van der Waals surface area (Å²) in [5.41, 5.74) is 0.784. The Kier molecular flexibility index (Phi) is 4.47. The Morgan fingerprint density at radius 3 is 2.13 bits per heavy atom. The van der Waals surface area contributed by atoms with Crippen LogP contribution in [0, 0.1) is 10.1 Å². The standard InChI is InChI=1S/C8H7NO4P2/c10-9(11)7-3-1-6(2-4-7)5-8(14-12)15-13/h1-4,8H,5H2. The summed E-state index contributed by atoms with van der Waals surface area (Å²) in [7, 11) is -0.375. The predicted molar refractivity (Wildman–Crippen MR) is 55.8 cm³/mol. The summed E-state index contributed by atoms with van der Waals surface area (Å²) in [5, 5.41) is 9.87. The van der Waals surface area contributed by atoms with E-state index in [2.05, 4.69) is 0 Å². The molecule has 0 saturated heterocycles. The van der Waals surface area contributed by atoms with Crippen LogP contribution in [0.2, 0.25) is 0 Å². The van der Waals surface area contributed by atoms with Crippen molar-refractivity contribution in [1.82, 2.24) is 0 Å². The van der Waals surface area contributed by atoms with E-state index >= 15 is 0 Å². The van der Waals surface area contributed by atoms with Crippen molar-refractivity contribution in [2.24, 2.45) is 0 Å². The molecule has 0 atom stereocenters. The quantitative estimate of drug-likeness (QED) is 0.452. The summed E-state index contributed by atoms with van der Waals surface area (Å²) in [6.07, 6.45) is 0.369. The van der Waals surface area contributed by atoms with Crippen molar-refractivity contribution in [2.45, 2.75) is 11.8 Å². The second-order valence-corrected chi connectivity index (χ2v) is 4.89. The molecule has 1 aromatic carbocycles. The lowest BCUT2D eigenvalue weighted by Gasteiger charge is -2.00. The minimum absolute atomic E-state index is 0.00893. The van der Waals surface area contributed by atoms with Gasteiger partial charge in [0.15, 0.2) is 16.9 Å². The molecule has 15 heavy (non-hydrogen) atoms. The monoisotopic (exact) mass is 243 g/mol. The van der Waals surface area contributed by atoms with Crippen LogP contribution in [0.4, 0.5) is 5.69 Å². The van der Waals surface area contributed by atoms with Crippen LogP contribution in [0.5, 0.6) is 0 Å². The maximum absolute atomic E-state index is 10.5. The zero-order chi connectivity index (χ0) is 11.3. The highest BCUT2D eigenvalue weighted by Gasteiger charge is 2.10. The molecule has 0 heterocycles. The second-order valence-electron chi connectivity index (χ2n) is 2.82. The van der Waals surface area contributed by atoms with Gasteiger partial charge in [0.05, 0.1) is 4.92 Å². The fraction of sp³-hybridized carbons (Fsp3) is 0.250. The zero-order valence-corrected chi connectivity index (χ0v) is 9.36. The summed E-state index contributed by atoms with van der Waals surface area (Å²) < 4.78 is 21.0. The highest BCUT2D eigenvalue weighted by molar-refractivity contribution is 7.44. The number of hydrogen-bond donors (Lipinski definition) is 0. The molecule has 1 rings (SSSR count). The van der Waals surface area contributed by atoms with E-state index in [1.54, 1.807) is 12.1 Å². The van der Waals surface area contributed by atoms with Crippen molar-refractivity contribution in [3.8, 4) is 0 Å². The van der Waals surface area contributed by atoms with Gasteiger partial charge in [-0.1, -0.05) is 12.1 Å². The molecule has 0 fully saturated rings. The van der Waals surface area contributed by atoms with Crippen molar-refractivity contribution in [1.29, 1.82) is 0 Å². The molecule has 0 saturated carbocycles. The minimum atomic E-state index is -0.487. The van der Waals surface area contributed by atoms with Gasteiger partial charge < -0.3 is 0 Å². The smallest absolute Gasteiger partial charge is 0.269 e. The van der Waals surface area contributed by atoms with Gasteiger partial charge in [-0.3, -0.25) is 19.2 Å². The number of nitro groups is 1. The van der Waals surface area contributed by atoms with E-state index in [4.69, 9.17) is 0 Å². The van der Waals surface area contributed by atoms with Crippen LogP contribution in [-0.2, 0) is 15.6 Å². The van der Waals surface area contributed by atoms with Gasteiger partial charge in [-0.2, -0.15) is 0 Å². The highest BCUT2D eigenvalue weighted by Crippen LogP contribution is 2.24. The number of non-ortho nitro benzene ring substituents is 1. The van der Waals surface area contributed by atoms with E-state index in [1.165, 1.54) is 12.1 Å². The number of rotatable bonds is 5. The lowest BCUT2D eigenvalue weighted by atomic mass is 10.1. The van der Waals surface area contributed by atoms with E-state index < -0.39 is 10.3 Å². The van der Waals surface area contributed by atoms with E-state index in [1.807, 2.05) is 0 Å². The molecule has 0 aliphatic rings. The average molecular weight is 243 g/mol. The molecule has 0 unspecified atom stereocenters.